The molecule has 0 fully saturated rings. The smallest absolute Gasteiger partial charge is 0.160 e. The van der Waals surface area contributed by atoms with Crippen LogP contribution in [0, 0.1) is 11.3 Å². The summed E-state index contributed by atoms with van der Waals surface area (Å²) in [5, 5.41) is 9.54. The van der Waals surface area contributed by atoms with Gasteiger partial charge in [0.15, 0.2) is 5.82 Å². The summed E-state index contributed by atoms with van der Waals surface area (Å²) in [4.78, 5) is 12.6. The van der Waals surface area contributed by atoms with Crippen LogP contribution in [0.25, 0.3) is 67.3 Å². The second-order valence-corrected chi connectivity index (χ2v) is 15.8. The van der Waals surface area contributed by atoms with Crippen molar-refractivity contribution in [3.05, 3.63) is 228 Å². The molecular formula is C54H33N3S. The minimum atomic E-state index is -0.524. The van der Waals surface area contributed by atoms with Crippen LogP contribution in [-0.4, -0.2) is 9.97 Å². The molecule has 58 heavy (non-hydrogen) atoms. The Balaban J connectivity index is 1.08. The van der Waals surface area contributed by atoms with Crippen LogP contribution >= 0.6 is 11.8 Å². The van der Waals surface area contributed by atoms with Gasteiger partial charge in [-0.15, -0.1) is 0 Å². The van der Waals surface area contributed by atoms with Crippen LogP contribution in [-0.2, 0) is 5.41 Å². The van der Waals surface area contributed by atoms with Gasteiger partial charge in [0.1, 0.15) is 0 Å². The van der Waals surface area contributed by atoms with Crippen LogP contribution in [0.2, 0.25) is 0 Å². The summed E-state index contributed by atoms with van der Waals surface area (Å²) in [6, 6.07) is 73.3. The van der Waals surface area contributed by atoms with Crippen molar-refractivity contribution in [1.29, 1.82) is 5.26 Å². The number of hydrogen-bond acceptors (Lipinski definition) is 4. The molecule has 1 unspecified atom stereocenters. The van der Waals surface area contributed by atoms with Gasteiger partial charge >= 0.3 is 0 Å². The molecule has 0 radical (unpaired) electrons. The summed E-state index contributed by atoms with van der Waals surface area (Å²) in [5.41, 5.74) is 17.3. The van der Waals surface area contributed by atoms with Gasteiger partial charge in [0.2, 0.25) is 0 Å². The van der Waals surface area contributed by atoms with Gasteiger partial charge in [-0.25, -0.2) is 9.97 Å². The Hall–Kier alpha value is -7.32. The number of nitriles is 1. The lowest BCUT2D eigenvalue weighted by Crippen LogP contribution is -2.32. The van der Waals surface area contributed by atoms with E-state index in [0.29, 0.717) is 11.4 Å². The van der Waals surface area contributed by atoms with Gasteiger partial charge in [-0.1, -0.05) is 188 Å². The van der Waals surface area contributed by atoms with E-state index in [4.69, 9.17) is 9.97 Å². The third-order valence-electron chi connectivity index (χ3n) is 11.6. The molecule has 0 amide bonds. The minimum Gasteiger partial charge on any atom is -0.228 e. The molecule has 1 aliphatic carbocycles. The van der Waals surface area contributed by atoms with Crippen LogP contribution in [0.3, 0.4) is 0 Å². The number of aromatic nitrogens is 2. The second kappa shape index (κ2) is 13.7. The van der Waals surface area contributed by atoms with E-state index in [1.165, 1.54) is 54.3 Å². The number of hydrogen-bond donors (Lipinski definition) is 0. The lowest BCUT2D eigenvalue weighted by atomic mass is 9.67. The van der Waals surface area contributed by atoms with Crippen LogP contribution in [0.5, 0.6) is 0 Å². The van der Waals surface area contributed by atoms with Gasteiger partial charge in [-0.3, -0.25) is 0 Å². The van der Waals surface area contributed by atoms with E-state index in [1.807, 2.05) is 60.3 Å². The van der Waals surface area contributed by atoms with Crippen molar-refractivity contribution >= 4 is 11.8 Å². The highest BCUT2D eigenvalue weighted by Gasteiger charge is 2.51. The summed E-state index contributed by atoms with van der Waals surface area (Å²) in [5.74, 6) is 0.706. The molecule has 2 heterocycles. The second-order valence-electron chi connectivity index (χ2n) is 14.8. The van der Waals surface area contributed by atoms with E-state index in [9.17, 15) is 5.26 Å². The Kier molecular flexibility index (Phi) is 8.03. The largest absolute Gasteiger partial charge is 0.228 e. The van der Waals surface area contributed by atoms with E-state index >= 15 is 0 Å². The third-order valence-corrected chi connectivity index (χ3v) is 12.9. The van der Waals surface area contributed by atoms with E-state index in [0.717, 1.165) is 39.2 Å². The Morgan fingerprint density at radius 2 is 0.931 bits per heavy atom. The van der Waals surface area contributed by atoms with E-state index in [2.05, 4.69) is 158 Å². The maximum absolute atomic E-state index is 9.54. The van der Waals surface area contributed by atoms with E-state index < -0.39 is 5.41 Å². The number of nitrogens with zero attached hydrogens (tertiary/aromatic N) is 3. The van der Waals surface area contributed by atoms with E-state index in [-0.39, 0.29) is 0 Å². The number of fused-ring (bicyclic) bond motifs is 9. The van der Waals surface area contributed by atoms with Gasteiger partial charge in [0.05, 0.1) is 28.4 Å². The molecule has 8 aromatic carbocycles. The zero-order valence-corrected chi connectivity index (χ0v) is 32.1. The SMILES string of the molecule is N#Cc1ccc(-c2cccc3c2Sc2ccccc2C32c3ccccc3-c3c(-c4ccc(-c5cc(-c6ccccc6)nc(-c6ccccc6)n5)cc4)cccc32)cc1. The molecule has 3 nitrogen and oxygen atoms in total. The summed E-state index contributed by atoms with van der Waals surface area (Å²) in [7, 11) is 0. The first-order valence-corrected chi connectivity index (χ1v) is 20.3. The Labute approximate surface area is 342 Å². The average Bonchev–Trinajstić information content (AvgIpc) is 3.60. The molecule has 0 N–H and O–H groups in total. The first-order chi connectivity index (χ1) is 28.7. The van der Waals surface area contributed by atoms with Crippen LogP contribution in [0.15, 0.2) is 210 Å². The fourth-order valence-electron chi connectivity index (χ4n) is 9.05. The standard InChI is InChI=1S/C54H33N3S/c55-34-35-25-27-37(28-26-35)42-19-12-23-47-52(42)58-50-24-10-9-21-45(50)54(47)44-20-8-7-17-43(44)51-41(18-11-22-46(51)54)36-29-31-39(32-30-36)49-33-48(38-13-3-1-4-14-38)56-53(57-49)40-15-5-2-6-16-40/h1-33H. The molecule has 1 aromatic heterocycles. The molecule has 4 heteroatoms. The molecule has 270 valence electrons. The normalized spacial score (nSPS) is 14.5. The highest BCUT2D eigenvalue weighted by molar-refractivity contribution is 7.99. The number of benzene rings is 8. The maximum Gasteiger partial charge on any atom is 0.160 e. The summed E-state index contributed by atoms with van der Waals surface area (Å²) >= 11 is 1.85. The Morgan fingerprint density at radius 1 is 0.414 bits per heavy atom. The van der Waals surface area contributed by atoms with E-state index in [1.54, 1.807) is 0 Å². The lowest BCUT2D eigenvalue weighted by Gasteiger charge is -2.40. The predicted octanol–water partition coefficient (Wildman–Crippen LogP) is 13.5. The monoisotopic (exact) mass is 755 g/mol. The van der Waals surface area contributed by atoms with Crippen molar-refractivity contribution in [2.24, 2.45) is 0 Å². The van der Waals surface area contributed by atoms with Gasteiger partial charge in [-0.05, 0) is 79.9 Å². The summed E-state index contributed by atoms with van der Waals surface area (Å²) in [6.07, 6.45) is 0. The molecule has 1 aliphatic heterocycles. The van der Waals surface area contributed by atoms with Gasteiger partial charge in [0, 0.05) is 26.5 Å². The van der Waals surface area contributed by atoms with Crippen molar-refractivity contribution in [3.8, 4) is 73.4 Å². The fraction of sp³-hybridized carbons (Fsp3) is 0.0185. The maximum atomic E-state index is 9.54. The molecule has 1 spiro atoms. The zero-order valence-electron chi connectivity index (χ0n) is 31.3. The first kappa shape index (κ1) is 34.0. The van der Waals surface area contributed by atoms with Crippen molar-refractivity contribution in [2.75, 3.05) is 0 Å². The Bertz CT molecular complexity index is 3020. The molecular weight excluding hydrogens is 723 g/mol. The molecule has 0 bridgehead atoms. The molecule has 2 aliphatic rings. The summed E-state index contributed by atoms with van der Waals surface area (Å²) in [6.45, 7) is 0. The van der Waals surface area contributed by atoms with Crippen molar-refractivity contribution in [1.82, 2.24) is 9.97 Å². The van der Waals surface area contributed by atoms with Gasteiger partial charge in [0.25, 0.3) is 0 Å². The van der Waals surface area contributed by atoms with Crippen LogP contribution < -0.4 is 0 Å². The lowest BCUT2D eigenvalue weighted by molar-refractivity contribution is 0.723. The molecule has 9 aromatic rings. The molecule has 11 rings (SSSR count). The van der Waals surface area contributed by atoms with Gasteiger partial charge in [-0.2, -0.15) is 5.26 Å². The molecule has 0 saturated heterocycles. The summed E-state index contributed by atoms with van der Waals surface area (Å²) < 4.78 is 0. The van der Waals surface area contributed by atoms with Crippen molar-refractivity contribution in [2.45, 2.75) is 15.2 Å². The fourth-order valence-corrected chi connectivity index (χ4v) is 10.4. The van der Waals surface area contributed by atoms with Crippen LogP contribution in [0.4, 0.5) is 0 Å². The topological polar surface area (TPSA) is 49.6 Å². The predicted molar refractivity (Wildman–Crippen MR) is 235 cm³/mol. The minimum absolute atomic E-state index is 0.524. The molecule has 1 atom stereocenters. The first-order valence-electron chi connectivity index (χ1n) is 19.5. The average molecular weight is 756 g/mol. The third kappa shape index (κ3) is 5.29. The molecule has 0 saturated carbocycles. The van der Waals surface area contributed by atoms with Crippen LogP contribution in [0.1, 0.15) is 27.8 Å². The quantitative estimate of drug-likeness (QED) is 0.175. The zero-order chi connectivity index (χ0) is 38.6. The van der Waals surface area contributed by atoms with Gasteiger partial charge < -0.3 is 0 Å². The van der Waals surface area contributed by atoms with Crippen molar-refractivity contribution in [3.63, 3.8) is 0 Å². The highest BCUT2D eigenvalue weighted by atomic mass is 32.2. The number of rotatable bonds is 5. The van der Waals surface area contributed by atoms with Crippen molar-refractivity contribution < 1.29 is 0 Å². The Morgan fingerprint density at radius 3 is 1.66 bits per heavy atom. The highest BCUT2D eigenvalue weighted by Crippen LogP contribution is 2.64.